The topological polar surface area (TPSA) is 117 Å². The van der Waals surface area contributed by atoms with Crippen LogP contribution in [0, 0.1) is 18.8 Å². The molecule has 2 heterocycles. The van der Waals surface area contributed by atoms with Gasteiger partial charge in [0.15, 0.2) is 0 Å². The van der Waals surface area contributed by atoms with Gasteiger partial charge < -0.3 is 23.8 Å². The number of methoxy groups -OCH3 is 1. The SMILES string of the molecule is CCOC(=O)C=CN(C(=O)C1CC(Oc2cc(-c3cccc(C(C)C)n3)nc3c(C)c(OC)ccc23)CC1C(=O)OC(C)(C)C)C1CC1. The first kappa shape index (κ1) is 34.9. The van der Waals surface area contributed by atoms with Gasteiger partial charge >= 0.3 is 11.9 Å². The lowest BCUT2D eigenvalue weighted by atomic mass is 9.94. The van der Waals surface area contributed by atoms with E-state index in [1.54, 1.807) is 18.9 Å². The van der Waals surface area contributed by atoms with Crippen LogP contribution in [0.25, 0.3) is 22.3 Å². The van der Waals surface area contributed by atoms with Crippen LogP contribution in [0.1, 0.15) is 84.4 Å². The number of nitrogens with zero attached hydrogens (tertiary/aromatic N) is 3. The lowest BCUT2D eigenvalue weighted by Crippen LogP contribution is -2.39. The summed E-state index contributed by atoms with van der Waals surface area (Å²) in [6.45, 7) is 13.6. The van der Waals surface area contributed by atoms with Crippen molar-refractivity contribution in [3.63, 3.8) is 0 Å². The summed E-state index contributed by atoms with van der Waals surface area (Å²) in [6, 6.07) is 11.6. The number of carbonyl (C=O) groups excluding carboxylic acids is 3. The van der Waals surface area contributed by atoms with Gasteiger partial charge in [-0.25, -0.2) is 9.78 Å². The van der Waals surface area contributed by atoms with Gasteiger partial charge in [0, 0.05) is 41.0 Å². The summed E-state index contributed by atoms with van der Waals surface area (Å²) in [4.78, 5) is 51.4. The largest absolute Gasteiger partial charge is 0.496 e. The lowest BCUT2D eigenvalue weighted by Gasteiger charge is -2.27. The Morgan fingerprint density at radius 3 is 2.38 bits per heavy atom. The predicted octanol–water partition coefficient (Wildman–Crippen LogP) is 6.92. The van der Waals surface area contributed by atoms with Crippen LogP contribution in [0.5, 0.6) is 11.5 Å². The van der Waals surface area contributed by atoms with E-state index in [0.29, 0.717) is 30.0 Å². The molecular weight excluding hydrogens is 610 g/mol. The molecule has 0 radical (unpaired) electrons. The molecule has 0 spiro atoms. The number of aromatic nitrogens is 2. The molecule has 0 N–H and O–H groups in total. The normalized spacial score (nSPS) is 19.5. The first-order valence-electron chi connectivity index (χ1n) is 16.8. The van der Waals surface area contributed by atoms with Crippen molar-refractivity contribution in [2.24, 2.45) is 11.8 Å². The molecule has 0 aliphatic heterocycles. The number of aryl methyl sites for hydroxylation is 1. The molecule has 0 saturated heterocycles. The zero-order chi connectivity index (χ0) is 34.7. The first-order valence-corrected chi connectivity index (χ1v) is 16.8. The molecule has 3 unspecified atom stereocenters. The highest BCUT2D eigenvalue weighted by atomic mass is 16.6. The number of carbonyl (C=O) groups is 3. The Balaban J connectivity index is 1.52. The number of amides is 1. The molecule has 5 rings (SSSR count). The Bertz CT molecular complexity index is 1710. The fourth-order valence-electron chi connectivity index (χ4n) is 6.17. The standard InChI is InChI=1S/C38H47N3O7/c1-9-46-34(42)17-18-41(24-13-14-24)36(43)27-19-25(20-28(27)37(44)48-38(5,6)7)47-33-21-31(30-12-10-11-29(39-30)22(2)3)40-35-23(4)32(45-8)16-15-26(33)35/h10-12,15-18,21-22,24-25,27-28H,9,13-14,19-20H2,1-8H3. The van der Waals surface area contributed by atoms with Crippen molar-refractivity contribution in [3.8, 4) is 22.9 Å². The summed E-state index contributed by atoms with van der Waals surface area (Å²) >= 11 is 0. The first-order chi connectivity index (χ1) is 22.8. The van der Waals surface area contributed by atoms with E-state index in [9.17, 15) is 14.4 Å². The average molecular weight is 658 g/mol. The number of benzene rings is 1. The van der Waals surface area contributed by atoms with Crippen LogP contribution >= 0.6 is 0 Å². The number of esters is 2. The Kier molecular flexibility index (Phi) is 10.4. The van der Waals surface area contributed by atoms with E-state index in [0.717, 1.165) is 40.7 Å². The third-order valence-corrected chi connectivity index (χ3v) is 8.68. The number of rotatable bonds is 11. The summed E-state index contributed by atoms with van der Waals surface area (Å²) in [5.41, 5.74) is 3.17. The Labute approximate surface area is 282 Å². The molecular formula is C38H47N3O7. The summed E-state index contributed by atoms with van der Waals surface area (Å²) in [5, 5.41) is 0.789. The van der Waals surface area contributed by atoms with Crippen LogP contribution in [-0.2, 0) is 23.9 Å². The zero-order valence-corrected chi connectivity index (χ0v) is 29.2. The molecule has 3 aromatic rings. The fourth-order valence-corrected chi connectivity index (χ4v) is 6.17. The third-order valence-electron chi connectivity index (χ3n) is 8.68. The van der Waals surface area contributed by atoms with E-state index in [1.807, 2.05) is 64.1 Å². The van der Waals surface area contributed by atoms with Gasteiger partial charge in [-0.15, -0.1) is 0 Å². The molecule has 3 atom stereocenters. The van der Waals surface area contributed by atoms with Crippen molar-refractivity contribution in [2.75, 3.05) is 13.7 Å². The average Bonchev–Trinajstić information content (AvgIpc) is 3.78. The van der Waals surface area contributed by atoms with Crippen LogP contribution in [0.3, 0.4) is 0 Å². The molecule has 48 heavy (non-hydrogen) atoms. The predicted molar refractivity (Wildman–Crippen MR) is 182 cm³/mol. The number of hydrogen-bond donors (Lipinski definition) is 0. The maximum absolute atomic E-state index is 14.2. The highest BCUT2D eigenvalue weighted by Gasteiger charge is 2.48. The summed E-state index contributed by atoms with van der Waals surface area (Å²) < 4.78 is 23.2. The molecule has 10 nitrogen and oxygen atoms in total. The molecule has 256 valence electrons. The smallest absolute Gasteiger partial charge is 0.332 e. The second kappa shape index (κ2) is 14.3. The van der Waals surface area contributed by atoms with E-state index in [1.165, 1.54) is 12.3 Å². The van der Waals surface area contributed by atoms with Gasteiger partial charge in [-0.2, -0.15) is 0 Å². The van der Waals surface area contributed by atoms with Crippen molar-refractivity contribution >= 4 is 28.7 Å². The monoisotopic (exact) mass is 657 g/mol. The molecule has 0 bridgehead atoms. The van der Waals surface area contributed by atoms with E-state index in [2.05, 4.69) is 13.8 Å². The van der Waals surface area contributed by atoms with Crippen LogP contribution in [0.4, 0.5) is 0 Å². The van der Waals surface area contributed by atoms with E-state index >= 15 is 0 Å². The Morgan fingerprint density at radius 1 is 1.00 bits per heavy atom. The van der Waals surface area contributed by atoms with E-state index in [4.69, 9.17) is 28.9 Å². The molecule has 2 aliphatic carbocycles. The van der Waals surface area contributed by atoms with Gasteiger partial charge in [-0.05, 0) is 90.5 Å². The van der Waals surface area contributed by atoms with Gasteiger partial charge in [-0.3, -0.25) is 14.6 Å². The summed E-state index contributed by atoms with van der Waals surface area (Å²) in [6.07, 6.45) is 4.54. The second-order valence-corrected chi connectivity index (χ2v) is 13.9. The minimum Gasteiger partial charge on any atom is -0.496 e. The number of pyridine rings is 2. The maximum atomic E-state index is 14.2. The van der Waals surface area contributed by atoms with Crippen molar-refractivity contribution in [1.29, 1.82) is 0 Å². The molecule has 2 fully saturated rings. The molecule has 1 aromatic carbocycles. The van der Waals surface area contributed by atoms with Gasteiger partial charge in [0.25, 0.3) is 0 Å². The Morgan fingerprint density at radius 2 is 1.73 bits per heavy atom. The highest BCUT2D eigenvalue weighted by Crippen LogP contribution is 2.42. The molecule has 2 saturated carbocycles. The van der Waals surface area contributed by atoms with Crippen LogP contribution in [0.15, 0.2) is 48.7 Å². The number of hydrogen-bond acceptors (Lipinski definition) is 9. The van der Waals surface area contributed by atoms with E-state index < -0.39 is 35.5 Å². The highest BCUT2D eigenvalue weighted by molar-refractivity contribution is 5.92. The second-order valence-electron chi connectivity index (χ2n) is 13.9. The number of fused-ring (bicyclic) bond motifs is 1. The van der Waals surface area contributed by atoms with Gasteiger partial charge in [-0.1, -0.05) is 19.9 Å². The van der Waals surface area contributed by atoms with Crippen LogP contribution in [0.2, 0.25) is 0 Å². The summed E-state index contributed by atoms with van der Waals surface area (Å²) in [7, 11) is 1.63. The van der Waals surface area contributed by atoms with Gasteiger partial charge in [0.2, 0.25) is 5.91 Å². The van der Waals surface area contributed by atoms with Crippen molar-refractivity contribution in [3.05, 3.63) is 59.9 Å². The van der Waals surface area contributed by atoms with Crippen LogP contribution < -0.4 is 9.47 Å². The van der Waals surface area contributed by atoms with Crippen molar-refractivity contribution in [2.45, 2.75) is 97.8 Å². The zero-order valence-electron chi connectivity index (χ0n) is 29.2. The lowest BCUT2D eigenvalue weighted by molar-refractivity contribution is -0.163. The molecule has 10 heteroatoms. The van der Waals surface area contributed by atoms with E-state index in [-0.39, 0.29) is 24.5 Å². The molecule has 1 amide bonds. The minimum absolute atomic E-state index is 0.0267. The molecule has 2 aromatic heterocycles. The quantitative estimate of drug-likeness (QED) is 0.160. The number of ether oxygens (including phenoxy) is 4. The minimum atomic E-state index is -0.728. The van der Waals surface area contributed by atoms with Crippen molar-refractivity contribution < 1.29 is 33.3 Å². The van der Waals surface area contributed by atoms with Gasteiger partial charge in [0.05, 0.1) is 42.5 Å². The Hall–Kier alpha value is -4.47. The maximum Gasteiger partial charge on any atom is 0.332 e. The molecule has 2 aliphatic rings. The third kappa shape index (κ3) is 7.97. The summed E-state index contributed by atoms with van der Waals surface area (Å²) in [5.74, 6) is -1.08. The van der Waals surface area contributed by atoms with Crippen molar-refractivity contribution in [1.82, 2.24) is 14.9 Å². The van der Waals surface area contributed by atoms with Crippen LogP contribution in [-0.4, -0.2) is 64.2 Å². The fraction of sp³-hybridized carbons (Fsp3) is 0.500. The van der Waals surface area contributed by atoms with Gasteiger partial charge in [0.1, 0.15) is 23.2 Å².